The Kier molecular flexibility index (Phi) is 2.44. The Morgan fingerprint density at radius 1 is 1.71 bits per heavy atom. The first kappa shape index (κ1) is 7.09. The molecule has 0 aromatic carbocycles. The van der Waals surface area contributed by atoms with E-state index in [0.717, 1.165) is 0 Å². The summed E-state index contributed by atoms with van der Waals surface area (Å²) in [6, 6.07) is 0. The lowest BCUT2D eigenvalue weighted by atomic mass is 11.8. The Labute approximate surface area is 43.8 Å². The first-order valence-corrected chi connectivity index (χ1v) is 5.42. The lowest BCUT2D eigenvalue weighted by Gasteiger charge is -1.87. The van der Waals surface area contributed by atoms with Crippen molar-refractivity contribution < 1.29 is 17.4 Å². The molecule has 0 radical (unpaired) electrons. The largest absolute Gasteiger partial charge is 0.409 e. The monoisotopic (exact) mass is 142 g/mol. The molecule has 0 aromatic heterocycles. The van der Waals surface area contributed by atoms with Crippen LogP contribution in [-0.4, -0.2) is 29.0 Å². The van der Waals surface area contributed by atoms with Crippen molar-refractivity contribution in [3.63, 3.8) is 0 Å². The summed E-state index contributed by atoms with van der Waals surface area (Å²) in [5.74, 6) is 0. The predicted octanol–water partition coefficient (Wildman–Crippen LogP) is -1.48. The molecule has 0 atom stereocenters. The second-order valence-corrected chi connectivity index (χ2v) is 5.86. The molecular weight excluding hydrogens is 136 g/mol. The summed E-state index contributed by atoms with van der Waals surface area (Å²) >= 11 is 0. The van der Waals surface area contributed by atoms with Gasteiger partial charge in [0.2, 0.25) is 0 Å². The molecule has 0 fully saturated rings. The van der Waals surface area contributed by atoms with Crippen LogP contribution in [0.1, 0.15) is 0 Å². The maximum atomic E-state index is 9.72. The SMILES string of the molecule is CO[SiH2]S(=O)(=O)O. The lowest BCUT2D eigenvalue weighted by Crippen LogP contribution is -2.09. The molecule has 0 aliphatic rings. The van der Waals surface area contributed by atoms with E-state index in [1.54, 1.807) is 0 Å². The van der Waals surface area contributed by atoms with Crippen molar-refractivity contribution in [1.82, 2.24) is 0 Å². The molecule has 7 heavy (non-hydrogen) atoms. The summed E-state index contributed by atoms with van der Waals surface area (Å²) in [6.07, 6.45) is 0. The van der Waals surface area contributed by atoms with Crippen molar-refractivity contribution in [2.75, 3.05) is 7.11 Å². The second kappa shape index (κ2) is 2.41. The average molecular weight is 142 g/mol. The van der Waals surface area contributed by atoms with Crippen LogP contribution in [0.25, 0.3) is 0 Å². The standard InChI is InChI=1S/CH6O4SSi/c1-5-7-6(2,3)4/h7H2,1H3,(H,2,3,4). The summed E-state index contributed by atoms with van der Waals surface area (Å²) in [5, 5.41) is 0. The number of rotatable bonds is 2. The third-order valence-corrected chi connectivity index (χ3v) is 2.40. The highest BCUT2D eigenvalue weighted by atomic mass is 32.4. The molecule has 0 aliphatic carbocycles. The Bertz CT molecular complexity index is 125. The van der Waals surface area contributed by atoms with E-state index in [9.17, 15) is 8.42 Å². The van der Waals surface area contributed by atoms with Gasteiger partial charge in [0.1, 0.15) is 0 Å². The summed E-state index contributed by atoms with van der Waals surface area (Å²) in [7, 11) is -4.22. The fourth-order valence-electron chi connectivity index (χ4n) is 0.149. The minimum Gasteiger partial charge on any atom is -0.409 e. The molecule has 0 aliphatic heterocycles. The van der Waals surface area contributed by atoms with Crippen molar-refractivity contribution in [3.05, 3.63) is 0 Å². The fraction of sp³-hybridized carbons (Fsp3) is 1.00. The van der Waals surface area contributed by atoms with Crippen LogP contribution in [0.5, 0.6) is 0 Å². The Morgan fingerprint density at radius 2 is 2.14 bits per heavy atom. The lowest BCUT2D eigenvalue weighted by molar-refractivity contribution is 0.437. The van der Waals surface area contributed by atoms with Crippen LogP contribution >= 0.6 is 0 Å². The fourth-order valence-corrected chi connectivity index (χ4v) is 1.34. The zero-order chi connectivity index (χ0) is 5.91. The molecule has 0 rings (SSSR count). The summed E-state index contributed by atoms with van der Waals surface area (Å²) in [4.78, 5) is 0. The topological polar surface area (TPSA) is 63.6 Å². The average Bonchev–Trinajstić information content (AvgIpc) is 1.30. The van der Waals surface area contributed by atoms with Gasteiger partial charge in [0.15, 0.2) is 0 Å². The Balaban J connectivity index is 3.60. The van der Waals surface area contributed by atoms with Gasteiger partial charge in [-0.15, -0.1) is 0 Å². The third kappa shape index (κ3) is 6.09. The van der Waals surface area contributed by atoms with Gasteiger partial charge in [0.05, 0.1) is 0 Å². The first-order valence-electron chi connectivity index (χ1n) is 1.50. The smallest absolute Gasteiger partial charge is 0.331 e. The van der Waals surface area contributed by atoms with Gasteiger partial charge in [0.25, 0.3) is 9.57 Å². The van der Waals surface area contributed by atoms with E-state index < -0.39 is 18.5 Å². The molecule has 0 amide bonds. The Morgan fingerprint density at radius 3 is 2.14 bits per heavy atom. The van der Waals surface area contributed by atoms with Gasteiger partial charge >= 0.3 is 8.91 Å². The molecule has 6 heteroatoms. The van der Waals surface area contributed by atoms with Crippen LogP contribution in [0.4, 0.5) is 0 Å². The molecule has 0 heterocycles. The molecular formula is CH6O4SSi. The molecule has 0 bridgehead atoms. The zero-order valence-electron chi connectivity index (χ0n) is 3.79. The van der Waals surface area contributed by atoms with Gasteiger partial charge in [-0.05, 0) is 0 Å². The third-order valence-electron chi connectivity index (χ3n) is 0.267. The summed E-state index contributed by atoms with van der Waals surface area (Å²) in [6.45, 7) is 0. The van der Waals surface area contributed by atoms with E-state index in [4.69, 9.17) is 4.55 Å². The van der Waals surface area contributed by atoms with Crippen LogP contribution in [0.15, 0.2) is 0 Å². The molecule has 4 nitrogen and oxygen atoms in total. The van der Waals surface area contributed by atoms with E-state index >= 15 is 0 Å². The van der Waals surface area contributed by atoms with E-state index in [1.807, 2.05) is 0 Å². The van der Waals surface area contributed by atoms with Crippen LogP contribution in [-0.2, 0) is 14.0 Å². The highest BCUT2D eigenvalue weighted by Gasteiger charge is 2.01. The number of hydrogen-bond acceptors (Lipinski definition) is 3. The molecule has 0 saturated carbocycles. The van der Waals surface area contributed by atoms with Gasteiger partial charge < -0.3 is 4.43 Å². The van der Waals surface area contributed by atoms with Crippen molar-refractivity contribution >= 4 is 18.5 Å². The van der Waals surface area contributed by atoms with Gasteiger partial charge in [-0.1, -0.05) is 0 Å². The molecule has 44 valence electrons. The van der Waals surface area contributed by atoms with E-state index in [1.165, 1.54) is 7.11 Å². The van der Waals surface area contributed by atoms with Crippen molar-refractivity contribution in [1.29, 1.82) is 0 Å². The van der Waals surface area contributed by atoms with Crippen LogP contribution in [0.2, 0.25) is 0 Å². The second-order valence-electron chi connectivity index (χ2n) is 0.988. The maximum Gasteiger partial charge on any atom is 0.331 e. The molecule has 1 N–H and O–H groups in total. The molecule has 0 saturated heterocycles. The summed E-state index contributed by atoms with van der Waals surface area (Å²) in [5.41, 5.74) is 0. The van der Waals surface area contributed by atoms with Crippen molar-refractivity contribution in [3.8, 4) is 0 Å². The van der Waals surface area contributed by atoms with E-state index in [-0.39, 0.29) is 0 Å². The molecule has 0 aromatic rings. The molecule has 0 spiro atoms. The van der Waals surface area contributed by atoms with Gasteiger partial charge in [-0.2, -0.15) is 0 Å². The van der Waals surface area contributed by atoms with Crippen LogP contribution in [0, 0.1) is 0 Å². The zero-order valence-corrected chi connectivity index (χ0v) is 6.02. The van der Waals surface area contributed by atoms with E-state index in [2.05, 4.69) is 4.43 Å². The maximum absolute atomic E-state index is 9.72. The van der Waals surface area contributed by atoms with Crippen molar-refractivity contribution in [2.24, 2.45) is 0 Å². The van der Waals surface area contributed by atoms with Gasteiger partial charge in [-0.3, -0.25) is 4.55 Å². The highest BCUT2D eigenvalue weighted by Crippen LogP contribution is 1.73. The normalized spacial score (nSPS) is 13.4. The van der Waals surface area contributed by atoms with E-state index in [0.29, 0.717) is 0 Å². The van der Waals surface area contributed by atoms with Gasteiger partial charge in [0, 0.05) is 7.11 Å². The quantitative estimate of drug-likeness (QED) is 0.377. The summed E-state index contributed by atoms with van der Waals surface area (Å²) < 4.78 is 31.6. The highest BCUT2D eigenvalue weighted by molar-refractivity contribution is 8.10. The first-order chi connectivity index (χ1) is 3.06. The minimum atomic E-state index is -3.76. The van der Waals surface area contributed by atoms with Crippen LogP contribution < -0.4 is 0 Å². The van der Waals surface area contributed by atoms with Gasteiger partial charge in [-0.25, -0.2) is 8.42 Å². The van der Waals surface area contributed by atoms with Crippen molar-refractivity contribution in [2.45, 2.75) is 0 Å². The minimum absolute atomic E-state index is 1.25. The van der Waals surface area contributed by atoms with Crippen LogP contribution in [0.3, 0.4) is 0 Å². The molecule has 0 unspecified atom stereocenters. The predicted molar refractivity (Wildman–Crippen MR) is 27.1 cm³/mol. The Hall–Kier alpha value is 0.0869. The number of hydrogen-bond donors (Lipinski definition) is 1.